The highest BCUT2D eigenvalue weighted by Gasteiger charge is 2.03. The number of hydrogen-bond acceptors (Lipinski definition) is 3. The van der Waals surface area contributed by atoms with Crippen LogP contribution in [0.2, 0.25) is 0 Å². The summed E-state index contributed by atoms with van der Waals surface area (Å²) in [7, 11) is 1.37. The summed E-state index contributed by atoms with van der Waals surface area (Å²) in [5.41, 5.74) is 2.68. The number of benzene rings is 2. The molecule has 0 heterocycles. The second-order valence-corrected chi connectivity index (χ2v) is 5.10. The van der Waals surface area contributed by atoms with Crippen LogP contribution in [0, 0.1) is 5.82 Å². The standard InChI is InChI=1S/C18H20FNO2/c1-22-18(21)16-9-7-15(8-10-16)13-20-11-3-5-14-4-2-6-17(19)12-14/h2,4,6-10,12,20H,3,5,11,13H2,1H3. The Morgan fingerprint density at radius 1 is 1.14 bits per heavy atom. The maximum absolute atomic E-state index is 13.0. The SMILES string of the molecule is COC(=O)c1ccc(CNCCCc2cccc(F)c2)cc1. The number of carbonyl (C=O) groups excluding carboxylic acids is 1. The molecule has 0 spiro atoms. The van der Waals surface area contributed by atoms with Gasteiger partial charge in [0.1, 0.15) is 5.82 Å². The number of nitrogens with one attached hydrogen (secondary N) is 1. The molecule has 2 rings (SSSR count). The van der Waals surface area contributed by atoms with Gasteiger partial charge in [0.05, 0.1) is 12.7 Å². The molecule has 0 bridgehead atoms. The van der Waals surface area contributed by atoms with E-state index in [4.69, 9.17) is 0 Å². The van der Waals surface area contributed by atoms with E-state index in [1.54, 1.807) is 24.3 Å². The third kappa shape index (κ3) is 4.97. The van der Waals surface area contributed by atoms with E-state index in [9.17, 15) is 9.18 Å². The quantitative estimate of drug-likeness (QED) is 0.629. The van der Waals surface area contributed by atoms with E-state index >= 15 is 0 Å². The summed E-state index contributed by atoms with van der Waals surface area (Å²) < 4.78 is 17.7. The summed E-state index contributed by atoms with van der Waals surface area (Å²) in [4.78, 5) is 11.3. The van der Waals surface area contributed by atoms with Gasteiger partial charge in [-0.25, -0.2) is 9.18 Å². The Bertz CT molecular complexity index is 611. The number of hydrogen-bond donors (Lipinski definition) is 1. The van der Waals surface area contributed by atoms with Gasteiger partial charge in [0.15, 0.2) is 0 Å². The highest BCUT2D eigenvalue weighted by atomic mass is 19.1. The van der Waals surface area contributed by atoms with Gasteiger partial charge >= 0.3 is 5.97 Å². The van der Waals surface area contributed by atoms with E-state index in [0.29, 0.717) is 5.56 Å². The Balaban J connectivity index is 1.69. The van der Waals surface area contributed by atoms with Crippen molar-refractivity contribution in [2.24, 2.45) is 0 Å². The van der Waals surface area contributed by atoms with Crippen molar-refractivity contribution in [3.63, 3.8) is 0 Å². The minimum Gasteiger partial charge on any atom is -0.465 e. The molecule has 3 nitrogen and oxygen atoms in total. The van der Waals surface area contributed by atoms with Gasteiger partial charge < -0.3 is 10.1 Å². The van der Waals surface area contributed by atoms with Crippen LogP contribution in [0.3, 0.4) is 0 Å². The van der Waals surface area contributed by atoms with Crippen molar-refractivity contribution in [2.75, 3.05) is 13.7 Å². The molecule has 1 N–H and O–H groups in total. The van der Waals surface area contributed by atoms with Gasteiger partial charge in [-0.15, -0.1) is 0 Å². The lowest BCUT2D eigenvalue weighted by atomic mass is 10.1. The van der Waals surface area contributed by atoms with Gasteiger partial charge in [0, 0.05) is 6.54 Å². The van der Waals surface area contributed by atoms with Gasteiger partial charge in [0.2, 0.25) is 0 Å². The normalized spacial score (nSPS) is 10.5. The first-order valence-corrected chi connectivity index (χ1v) is 7.31. The van der Waals surface area contributed by atoms with Crippen molar-refractivity contribution in [3.05, 3.63) is 71.0 Å². The summed E-state index contributed by atoms with van der Waals surface area (Å²) in [5.74, 6) is -0.509. The van der Waals surface area contributed by atoms with Crippen molar-refractivity contribution in [3.8, 4) is 0 Å². The molecule has 0 radical (unpaired) electrons. The van der Waals surface area contributed by atoms with E-state index in [-0.39, 0.29) is 11.8 Å². The molecule has 0 unspecified atom stereocenters. The zero-order valence-electron chi connectivity index (χ0n) is 12.6. The number of aryl methyl sites for hydroxylation is 1. The van der Waals surface area contributed by atoms with Crippen LogP contribution in [-0.4, -0.2) is 19.6 Å². The number of esters is 1. The first-order chi connectivity index (χ1) is 10.7. The molecular weight excluding hydrogens is 281 g/mol. The smallest absolute Gasteiger partial charge is 0.337 e. The van der Waals surface area contributed by atoms with Crippen molar-refractivity contribution in [1.29, 1.82) is 0 Å². The van der Waals surface area contributed by atoms with E-state index < -0.39 is 0 Å². The molecule has 0 amide bonds. The number of carbonyl (C=O) groups is 1. The van der Waals surface area contributed by atoms with Gasteiger partial charge in [-0.2, -0.15) is 0 Å². The minimum absolute atomic E-state index is 0.184. The zero-order chi connectivity index (χ0) is 15.8. The fraction of sp³-hybridized carbons (Fsp3) is 0.278. The lowest BCUT2D eigenvalue weighted by molar-refractivity contribution is 0.0600. The summed E-state index contributed by atoms with van der Waals surface area (Å²) >= 11 is 0. The van der Waals surface area contributed by atoms with E-state index in [1.807, 2.05) is 18.2 Å². The highest BCUT2D eigenvalue weighted by molar-refractivity contribution is 5.89. The van der Waals surface area contributed by atoms with Crippen molar-refractivity contribution in [2.45, 2.75) is 19.4 Å². The van der Waals surface area contributed by atoms with Crippen LogP contribution in [0.15, 0.2) is 48.5 Å². The van der Waals surface area contributed by atoms with E-state index in [2.05, 4.69) is 10.1 Å². The van der Waals surface area contributed by atoms with Crippen molar-refractivity contribution < 1.29 is 13.9 Å². The molecule has 2 aromatic rings. The Morgan fingerprint density at radius 3 is 2.59 bits per heavy atom. The molecule has 0 aliphatic heterocycles. The Kier molecular flexibility index (Phi) is 6.10. The summed E-state index contributed by atoms with van der Waals surface area (Å²) in [6.45, 7) is 1.60. The van der Waals surface area contributed by atoms with Gasteiger partial charge in [-0.1, -0.05) is 24.3 Å². The monoisotopic (exact) mass is 301 g/mol. The van der Waals surface area contributed by atoms with E-state index in [0.717, 1.165) is 37.1 Å². The third-order valence-corrected chi connectivity index (χ3v) is 3.41. The fourth-order valence-corrected chi connectivity index (χ4v) is 2.22. The molecule has 116 valence electrons. The van der Waals surface area contributed by atoms with Crippen LogP contribution in [0.5, 0.6) is 0 Å². The number of rotatable bonds is 7. The van der Waals surface area contributed by atoms with Crippen LogP contribution in [0.4, 0.5) is 4.39 Å². The Labute approximate surface area is 130 Å². The van der Waals surface area contributed by atoms with E-state index in [1.165, 1.54) is 13.2 Å². The van der Waals surface area contributed by atoms with Gasteiger partial charge in [-0.05, 0) is 54.8 Å². The second kappa shape index (κ2) is 8.29. The average Bonchev–Trinajstić information content (AvgIpc) is 2.54. The lowest BCUT2D eigenvalue weighted by Gasteiger charge is -2.06. The predicted octanol–water partition coefficient (Wildman–Crippen LogP) is 3.33. The first-order valence-electron chi connectivity index (χ1n) is 7.31. The van der Waals surface area contributed by atoms with Crippen LogP contribution in [-0.2, 0) is 17.7 Å². The fourth-order valence-electron chi connectivity index (χ4n) is 2.22. The van der Waals surface area contributed by atoms with Gasteiger partial charge in [-0.3, -0.25) is 0 Å². The molecule has 0 aliphatic rings. The van der Waals surface area contributed by atoms with Crippen molar-refractivity contribution >= 4 is 5.97 Å². The maximum atomic E-state index is 13.0. The minimum atomic E-state index is -0.324. The molecule has 4 heteroatoms. The molecule has 0 saturated carbocycles. The molecule has 22 heavy (non-hydrogen) atoms. The third-order valence-electron chi connectivity index (χ3n) is 3.41. The topological polar surface area (TPSA) is 38.3 Å². The molecule has 0 fully saturated rings. The Morgan fingerprint density at radius 2 is 1.91 bits per heavy atom. The number of ether oxygens (including phenoxy) is 1. The van der Waals surface area contributed by atoms with Crippen molar-refractivity contribution in [1.82, 2.24) is 5.32 Å². The first kappa shape index (κ1) is 16.2. The number of halogens is 1. The lowest BCUT2D eigenvalue weighted by Crippen LogP contribution is -2.15. The van der Waals surface area contributed by atoms with Crippen LogP contribution in [0.25, 0.3) is 0 Å². The molecule has 0 atom stereocenters. The Hall–Kier alpha value is -2.20. The second-order valence-electron chi connectivity index (χ2n) is 5.10. The summed E-state index contributed by atoms with van der Waals surface area (Å²) in [6.07, 6.45) is 1.80. The van der Waals surface area contributed by atoms with Crippen LogP contribution in [0.1, 0.15) is 27.9 Å². The molecular formula is C18H20FNO2. The maximum Gasteiger partial charge on any atom is 0.337 e. The summed E-state index contributed by atoms with van der Waals surface area (Å²) in [6, 6.07) is 14.0. The van der Waals surface area contributed by atoms with Gasteiger partial charge in [0.25, 0.3) is 0 Å². The molecule has 0 aromatic heterocycles. The average molecular weight is 301 g/mol. The summed E-state index contributed by atoms with van der Waals surface area (Å²) in [5, 5.41) is 3.34. The van der Waals surface area contributed by atoms with Crippen LogP contribution < -0.4 is 5.32 Å². The molecule has 2 aromatic carbocycles. The predicted molar refractivity (Wildman–Crippen MR) is 84.2 cm³/mol. The highest BCUT2D eigenvalue weighted by Crippen LogP contribution is 2.07. The largest absolute Gasteiger partial charge is 0.465 e. The zero-order valence-corrected chi connectivity index (χ0v) is 12.6. The van der Waals surface area contributed by atoms with Crippen LogP contribution >= 0.6 is 0 Å². The molecule has 0 aliphatic carbocycles. The number of methoxy groups -OCH3 is 1. The molecule has 0 saturated heterocycles.